The van der Waals surface area contributed by atoms with Gasteiger partial charge in [0, 0.05) is 10.6 Å². The van der Waals surface area contributed by atoms with Crippen LogP contribution in [0, 0.1) is 13.8 Å². The lowest BCUT2D eigenvalue weighted by atomic mass is 10.1. The van der Waals surface area contributed by atoms with Crippen LogP contribution in [0.1, 0.15) is 43.2 Å². The fourth-order valence-corrected chi connectivity index (χ4v) is 5.53. The third kappa shape index (κ3) is 4.28. The summed E-state index contributed by atoms with van der Waals surface area (Å²) in [5.41, 5.74) is 2.30. The summed E-state index contributed by atoms with van der Waals surface area (Å²) in [7, 11) is 0. The first kappa shape index (κ1) is 20.1. The van der Waals surface area contributed by atoms with E-state index < -0.39 is 5.60 Å². The minimum Gasteiger partial charge on any atom is -0.390 e. The number of aliphatic hydroxyl groups is 1. The van der Waals surface area contributed by atoms with Crippen molar-refractivity contribution < 1.29 is 5.11 Å². The Bertz CT molecular complexity index is 1030. The largest absolute Gasteiger partial charge is 0.390 e. The summed E-state index contributed by atoms with van der Waals surface area (Å²) in [6.07, 6.45) is 1.45. The average molecular weight is 403 g/mol. The smallest absolute Gasteiger partial charge is 0.267 e. The van der Waals surface area contributed by atoms with E-state index in [9.17, 15) is 9.90 Å². The third-order valence-electron chi connectivity index (χ3n) is 4.55. The van der Waals surface area contributed by atoms with E-state index in [0.717, 1.165) is 38.3 Å². The Morgan fingerprint density at radius 3 is 2.67 bits per heavy atom. The second-order valence-electron chi connectivity index (χ2n) is 7.46. The van der Waals surface area contributed by atoms with E-state index in [2.05, 4.69) is 13.8 Å². The van der Waals surface area contributed by atoms with E-state index >= 15 is 0 Å². The van der Waals surface area contributed by atoms with Crippen LogP contribution in [-0.2, 0) is 6.42 Å². The van der Waals surface area contributed by atoms with Gasteiger partial charge in [-0.2, -0.15) is 0 Å². The molecule has 0 atom stereocenters. The Labute approximate surface area is 168 Å². The summed E-state index contributed by atoms with van der Waals surface area (Å²) in [5, 5.41) is 11.4. The Morgan fingerprint density at radius 2 is 2.04 bits per heavy atom. The molecule has 0 aliphatic carbocycles. The van der Waals surface area contributed by atoms with Gasteiger partial charge in [0.05, 0.1) is 16.7 Å². The van der Waals surface area contributed by atoms with Gasteiger partial charge in [-0.1, -0.05) is 30.8 Å². The molecule has 144 valence electrons. The van der Waals surface area contributed by atoms with E-state index in [4.69, 9.17) is 4.98 Å². The fraction of sp³-hybridized carbons (Fsp3) is 0.429. The van der Waals surface area contributed by atoms with Crippen LogP contribution in [0.5, 0.6) is 0 Å². The van der Waals surface area contributed by atoms with Gasteiger partial charge in [-0.05, 0) is 63.8 Å². The molecule has 2 heterocycles. The minimum absolute atomic E-state index is 0.00226. The van der Waals surface area contributed by atoms with Gasteiger partial charge < -0.3 is 5.11 Å². The lowest BCUT2D eigenvalue weighted by molar-refractivity contribution is 0.0777. The van der Waals surface area contributed by atoms with Crippen LogP contribution < -0.4 is 5.56 Å². The summed E-state index contributed by atoms with van der Waals surface area (Å²) < 4.78 is 1.73. The topological polar surface area (TPSA) is 55.1 Å². The number of aryl methyl sites for hydroxylation is 3. The van der Waals surface area contributed by atoms with Crippen LogP contribution in [0.25, 0.3) is 15.9 Å². The predicted molar refractivity (Wildman–Crippen MR) is 116 cm³/mol. The van der Waals surface area contributed by atoms with Crippen molar-refractivity contribution in [1.29, 1.82) is 0 Å². The quantitative estimate of drug-likeness (QED) is 0.472. The number of rotatable bonds is 6. The Balaban J connectivity index is 2.20. The number of aromatic nitrogens is 2. The van der Waals surface area contributed by atoms with Crippen LogP contribution in [0.15, 0.2) is 34.2 Å². The molecule has 27 heavy (non-hydrogen) atoms. The number of thioether (sulfide) groups is 1. The van der Waals surface area contributed by atoms with E-state index in [1.165, 1.54) is 11.8 Å². The maximum atomic E-state index is 13.5. The van der Waals surface area contributed by atoms with E-state index in [1.54, 1.807) is 29.8 Å². The Morgan fingerprint density at radius 1 is 1.30 bits per heavy atom. The van der Waals surface area contributed by atoms with Gasteiger partial charge in [0.25, 0.3) is 5.56 Å². The van der Waals surface area contributed by atoms with E-state index in [1.807, 2.05) is 31.2 Å². The molecule has 3 aromatic rings. The molecular weight excluding hydrogens is 376 g/mol. The van der Waals surface area contributed by atoms with E-state index in [0.29, 0.717) is 17.3 Å². The number of benzene rings is 1. The van der Waals surface area contributed by atoms with Crippen molar-refractivity contribution in [3.8, 4) is 5.69 Å². The molecule has 0 saturated carbocycles. The van der Waals surface area contributed by atoms with Crippen molar-refractivity contribution in [3.63, 3.8) is 0 Å². The van der Waals surface area contributed by atoms with Gasteiger partial charge in [-0.3, -0.25) is 9.36 Å². The molecule has 0 unspecified atom stereocenters. The molecule has 1 N–H and O–H groups in total. The summed E-state index contributed by atoms with van der Waals surface area (Å²) in [6, 6.07) is 7.95. The van der Waals surface area contributed by atoms with Crippen molar-refractivity contribution in [2.75, 3.05) is 5.75 Å². The molecule has 0 aliphatic heterocycles. The van der Waals surface area contributed by atoms with Crippen molar-refractivity contribution >= 4 is 33.3 Å². The first-order chi connectivity index (χ1) is 12.7. The number of hydrogen-bond donors (Lipinski definition) is 1. The van der Waals surface area contributed by atoms with Crippen molar-refractivity contribution in [2.45, 2.75) is 58.2 Å². The molecule has 0 amide bonds. The van der Waals surface area contributed by atoms with Gasteiger partial charge in [0.2, 0.25) is 0 Å². The van der Waals surface area contributed by atoms with Crippen molar-refractivity contribution in [1.82, 2.24) is 9.55 Å². The SMILES string of the molecule is CCc1c(C)sc2nc(SCCC(C)(C)O)n(-c3cccc(C)c3)c(=O)c12. The minimum atomic E-state index is -0.736. The predicted octanol–water partition coefficient (Wildman–Crippen LogP) is 4.88. The number of hydrogen-bond acceptors (Lipinski definition) is 5. The highest BCUT2D eigenvalue weighted by atomic mass is 32.2. The van der Waals surface area contributed by atoms with Gasteiger partial charge in [-0.15, -0.1) is 11.3 Å². The lowest BCUT2D eigenvalue weighted by Crippen LogP contribution is -2.23. The maximum Gasteiger partial charge on any atom is 0.267 e. The highest BCUT2D eigenvalue weighted by Crippen LogP contribution is 2.31. The summed E-state index contributed by atoms with van der Waals surface area (Å²) in [5.74, 6) is 0.693. The van der Waals surface area contributed by atoms with Gasteiger partial charge >= 0.3 is 0 Å². The summed E-state index contributed by atoms with van der Waals surface area (Å²) in [6.45, 7) is 9.76. The normalized spacial score (nSPS) is 12.1. The molecule has 6 heteroatoms. The third-order valence-corrected chi connectivity index (χ3v) is 6.54. The van der Waals surface area contributed by atoms with Crippen molar-refractivity contribution in [3.05, 3.63) is 50.6 Å². The van der Waals surface area contributed by atoms with Crippen molar-refractivity contribution in [2.24, 2.45) is 0 Å². The molecule has 0 spiro atoms. The van der Waals surface area contributed by atoms with Crippen LogP contribution in [0.2, 0.25) is 0 Å². The zero-order valence-electron chi connectivity index (χ0n) is 16.5. The Hall–Kier alpha value is -1.63. The van der Waals surface area contributed by atoms with Crippen LogP contribution >= 0.6 is 23.1 Å². The Kier molecular flexibility index (Phi) is 5.79. The monoisotopic (exact) mass is 402 g/mol. The molecule has 1 aromatic carbocycles. The van der Waals surface area contributed by atoms with Crippen LogP contribution in [-0.4, -0.2) is 26.0 Å². The molecule has 0 aliphatic rings. The number of nitrogens with zero attached hydrogens (tertiary/aromatic N) is 2. The first-order valence-electron chi connectivity index (χ1n) is 9.18. The summed E-state index contributed by atoms with van der Waals surface area (Å²) >= 11 is 3.12. The lowest BCUT2D eigenvalue weighted by Gasteiger charge is -2.17. The highest BCUT2D eigenvalue weighted by Gasteiger charge is 2.20. The van der Waals surface area contributed by atoms with Crippen LogP contribution in [0.3, 0.4) is 0 Å². The van der Waals surface area contributed by atoms with Gasteiger partial charge in [0.1, 0.15) is 4.83 Å². The molecule has 0 bridgehead atoms. The second kappa shape index (κ2) is 7.78. The molecule has 0 saturated heterocycles. The van der Waals surface area contributed by atoms with Gasteiger partial charge in [0.15, 0.2) is 5.16 Å². The zero-order chi connectivity index (χ0) is 19.8. The van der Waals surface area contributed by atoms with Gasteiger partial charge in [-0.25, -0.2) is 4.98 Å². The average Bonchev–Trinajstić information content (AvgIpc) is 2.89. The molecule has 0 fully saturated rings. The second-order valence-corrected chi connectivity index (χ2v) is 9.72. The first-order valence-corrected chi connectivity index (χ1v) is 11.0. The standard InChI is InChI=1S/C21H26N2O2S2/c1-6-16-14(3)27-18-17(16)19(24)23(15-9-7-8-13(2)12-15)20(22-18)26-11-10-21(4,5)25/h7-9,12,25H,6,10-11H2,1-5H3. The highest BCUT2D eigenvalue weighted by molar-refractivity contribution is 7.99. The molecule has 2 aromatic heterocycles. The molecular formula is C21H26N2O2S2. The number of thiophene rings is 1. The zero-order valence-corrected chi connectivity index (χ0v) is 18.1. The fourth-order valence-electron chi connectivity index (χ4n) is 3.11. The van der Waals surface area contributed by atoms with Crippen LogP contribution in [0.4, 0.5) is 0 Å². The van der Waals surface area contributed by atoms with E-state index in [-0.39, 0.29) is 5.56 Å². The molecule has 4 nitrogen and oxygen atoms in total. The molecule has 3 rings (SSSR count). The molecule has 0 radical (unpaired) electrons. The number of fused-ring (bicyclic) bond motifs is 1. The maximum absolute atomic E-state index is 13.5. The summed E-state index contributed by atoms with van der Waals surface area (Å²) in [4.78, 5) is 20.3.